The van der Waals surface area contributed by atoms with Gasteiger partial charge < -0.3 is 15.1 Å². The molecule has 0 bridgehead atoms. The average Bonchev–Trinajstić information content (AvgIpc) is 2.56. The van der Waals surface area contributed by atoms with Crippen LogP contribution < -0.4 is 0 Å². The van der Waals surface area contributed by atoms with Crippen LogP contribution in [-0.2, 0) is 5.41 Å². The molecule has 0 aliphatic carbocycles. The van der Waals surface area contributed by atoms with Gasteiger partial charge in [-0.3, -0.25) is 0 Å². The fourth-order valence-corrected chi connectivity index (χ4v) is 3.04. The van der Waals surface area contributed by atoms with Crippen molar-refractivity contribution in [2.45, 2.75) is 32.6 Å². The first-order chi connectivity index (χ1) is 11.0. The molecule has 2 N–H and O–H groups in total. The van der Waals surface area contributed by atoms with Crippen LogP contribution in [0.25, 0.3) is 0 Å². The Labute approximate surface area is 139 Å². The van der Waals surface area contributed by atoms with Crippen LogP contribution in [0.3, 0.4) is 0 Å². The van der Waals surface area contributed by atoms with Gasteiger partial charge in [0.1, 0.15) is 11.5 Å². The molecular weight excluding hydrogens is 286 g/mol. The van der Waals surface area contributed by atoms with Gasteiger partial charge in [0.15, 0.2) is 0 Å². The molecule has 2 aromatic carbocycles. The number of nitrogens with zero attached hydrogens (tertiary/aromatic N) is 1. The smallest absolute Gasteiger partial charge is 0.115 e. The lowest BCUT2D eigenvalue weighted by Gasteiger charge is -2.33. The molecule has 2 aromatic rings. The second-order valence-electron chi connectivity index (χ2n) is 6.20. The minimum Gasteiger partial charge on any atom is -0.508 e. The molecule has 3 heteroatoms. The SMILES string of the molecule is CCN(CC)CCC(C)(c1ccc(O)cc1)c1ccc(O)cc1. The van der Waals surface area contributed by atoms with E-state index in [1.54, 1.807) is 24.3 Å². The highest BCUT2D eigenvalue weighted by Gasteiger charge is 2.29. The van der Waals surface area contributed by atoms with Crippen molar-refractivity contribution in [1.29, 1.82) is 0 Å². The molecule has 0 amide bonds. The van der Waals surface area contributed by atoms with Crippen molar-refractivity contribution >= 4 is 0 Å². The van der Waals surface area contributed by atoms with Crippen molar-refractivity contribution < 1.29 is 10.2 Å². The van der Waals surface area contributed by atoms with Gasteiger partial charge in [-0.05, 0) is 61.4 Å². The van der Waals surface area contributed by atoms with Crippen LogP contribution in [0.4, 0.5) is 0 Å². The molecule has 0 radical (unpaired) electrons. The zero-order valence-corrected chi connectivity index (χ0v) is 14.3. The fourth-order valence-electron chi connectivity index (χ4n) is 3.04. The summed E-state index contributed by atoms with van der Waals surface area (Å²) in [4.78, 5) is 2.42. The predicted molar refractivity (Wildman–Crippen MR) is 95.1 cm³/mol. The van der Waals surface area contributed by atoms with E-state index in [-0.39, 0.29) is 16.9 Å². The van der Waals surface area contributed by atoms with Gasteiger partial charge in [-0.25, -0.2) is 0 Å². The predicted octanol–water partition coefficient (Wildman–Crippen LogP) is 4.14. The lowest BCUT2D eigenvalue weighted by Crippen LogP contribution is -2.32. The molecule has 0 fully saturated rings. The highest BCUT2D eigenvalue weighted by molar-refractivity contribution is 5.42. The van der Waals surface area contributed by atoms with Crippen LogP contribution in [0.5, 0.6) is 11.5 Å². The third-order valence-corrected chi connectivity index (χ3v) is 4.83. The van der Waals surface area contributed by atoms with E-state index in [1.807, 2.05) is 24.3 Å². The molecule has 0 saturated carbocycles. The van der Waals surface area contributed by atoms with Crippen LogP contribution in [0.2, 0.25) is 0 Å². The standard InChI is InChI=1S/C20H27NO2/c1-4-21(5-2)15-14-20(3,16-6-10-18(22)11-7-16)17-8-12-19(23)13-9-17/h6-13,22-23H,4-5,14-15H2,1-3H3. The van der Waals surface area contributed by atoms with Gasteiger partial charge in [0, 0.05) is 5.41 Å². The van der Waals surface area contributed by atoms with Gasteiger partial charge in [-0.2, -0.15) is 0 Å². The lowest BCUT2D eigenvalue weighted by atomic mass is 9.73. The van der Waals surface area contributed by atoms with Gasteiger partial charge in [0.05, 0.1) is 0 Å². The molecule has 0 spiro atoms. The fraction of sp³-hybridized carbons (Fsp3) is 0.400. The van der Waals surface area contributed by atoms with E-state index in [0.29, 0.717) is 0 Å². The summed E-state index contributed by atoms with van der Waals surface area (Å²) in [5.41, 5.74) is 2.19. The lowest BCUT2D eigenvalue weighted by molar-refractivity contribution is 0.277. The molecule has 0 aromatic heterocycles. The summed E-state index contributed by atoms with van der Waals surface area (Å²) < 4.78 is 0. The molecule has 124 valence electrons. The monoisotopic (exact) mass is 313 g/mol. The Morgan fingerprint density at radius 3 is 1.52 bits per heavy atom. The van der Waals surface area contributed by atoms with E-state index >= 15 is 0 Å². The Hall–Kier alpha value is -2.00. The molecule has 0 heterocycles. The van der Waals surface area contributed by atoms with Crippen molar-refractivity contribution in [3.63, 3.8) is 0 Å². The quantitative estimate of drug-likeness (QED) is 0.807. The van der Waals surface area contributed by atoms with E-state index in [0.717, 1.165) is 26.1 Å². The van der Waals surface area contributed by atoms with Crippen LogP contribution in [0, 0.1) is 0 Å². The normalized spacial score (nSPS) is 11.8. The molecule has 0 aliphatic rings. The van der Waals surface area contributed by atoms with Gasteiger partial charge in [-0.15, -0.1) is 0 Å². The van der Waals surface area contributed by atoms with Crippen LogP contribution in [0.1, 0.15) is 38.3 Å². The highest BCUT2D eigenvalue weighted by atomic mass is 16.3. The second kappa shape index (κ2) is 7.51. The van der Waals surface area contributed by atoms with Gasteiger partial charge in [0.2, 0.25) is 0 Å². The van der Waals surface area contributed by atoms with Gasteiger partial charge >= 0.3 is 0 Å². The van der Waals surface area contributed by atoms with Crippen molar-refractivity contribution in [1.82, 2.24) is 4.90 Å². The molecule has 0 unspecified atom stereocenters. The number of hydrogen-bond donors (Lipinski definition) is 2. The first kappa shape index (κ1) is 17.4. The van der Waals surface area contributed by atoms with Crippen molar-refractivity contribution in [3.05, 3.63) is 59.7 Å². The first-order valence-corrected chi connectivity index (χ1v) is 8.31. The van der Waals surface area contributed by atoms with Gasteiger partial charge in [0.25, 0.3) is 0 Å². The Balaban J connectivity index is 2.37. The Kier molecular flexibility index (Phi) is 5.67. The third kappa shape index (κ3) is 4.05. The van der Waals surface area contributed by atoms with Gasteiger partial charge in [-0.1, -0.05) is 45.0 Å². The highest BCUT2D eigenvalue weighted by Crippen LogP contribution is 2.36. The minimum atomic E-state index is -0.163. The number of phenols is 2. The maximum absolute atomic E-state index is 9.58. The second-order valence-corrected chi connectivity index (χ2v) is 6.20. The minimum absolute atomic E-state index is 0.163. The molecule has 2 rings (SSSR count). The molecule has 0 atom stereocenters. The van der Waals surface area contributed by atoms with E-state index in [4.69, 9.17) is 0 Å². The Morgan fingerprint density at radius 2 is 1.17 bits per heavy atom. The average molecular weight is 313 g/mol. The molecule has 0 saturated heterocycles. The molecule has 23 heavy (non-hydrogen) atoms. The number of rotatable bonds is 7. The molecule has 0 aliphatic heterocycles. The summed E-state index contributed by atoms with van der Waals surface area (Å²) in [6.45, 7) is 9.68. The maximum atomic E-state index is 9.58. The summed E-state index contributed by atoms with van der Waals surface area (Å²) >= 11 is 0. The number of hydrogen-bond acceptors (Lipinski definition) is 3. The largest absolute Gasteiger partial charge is 0.508 e. The zero-order valence-electron chi connectivity index (χ0n) is 14.3. The van der Waals surface area contributed by atoms with E-state index in [1.165, 1.54) is 11.1 Å². The topological polar surface area (TPSA) is 43.7 Å². The maximum Gasteiger partial charge on any atom is 0.115 e. The summed E-state index contributed by atoms with van der Waals surface area (Å²) in [6, 6.07) is 14.9. The molecular formula is C20H27NO2. The number of aromatic hydroxyl groups is 2. The summed E-state index contributed by atoms with van der Waals surface area (Å²) in [5.74, 6) is 0.566. The van der Waals surface area contributed by atoms with Crippen LogP contribution >= 0.6 is 0 Å². The zero-order chi connectivity index (χ0) is 16.9. The summed E-state index contributed by atoms with van der Waals surface area (Å²) in [6.07, 6.45) is 0.976. The molecule has 3 nitrogen and oxygen atoms in total. The first-order valence-electron chi connectivity index (χ1n) is 8.31. The van der Waals surface area contributed by atoms with Crippen molar-refractivity contribution in [3.8, 4) is 11.5 Å². The van der Waals surface area contributed by atoms with Crippen LogP contribution in [-0.4, -0.2) is 34.7 Å². The van der Waals surface area contributed by atoms with Crippen LogP contribution in [0.15, 0.2) is 48.5 Å². The summed E-state index contributed by atoms with van der Waals surface area (Å²) in [5, 5.41) is 19.2. The van der Waals surface area contributed by atoms with Crippen molar-refractivity contribution in [2.75, 3.05) is 19.6 Å². The number of benzene rings is 2. The van der Waals surface area contributed by atoms with E-state index in [2.05, 4.69) is 25.7 Å². The van der Waals surface area contributed by atoms with E-state index < -0.39 is 0 Å². The number of phenolic OH excluding ortho intramolecular Hbond substituents is 2. The third-order valence-electron chi connectivity index (χ3n) is 4.83. The Morgan fingerprint density at radius 1 is 0.783 bits per heavy atom. The summed E-state index contributed by atoms with van der Waals surface area (Å²) in [7, 11) is 0. The Bertz CT molecular complexity index is 555. The van der Waals surface area contributed by atoms with E-state index in [9.17, 15) is 10.2 Å². The van der Waals surface area contributed by atoms with Crippen molar-refractivity contribution in [2.24, 2.45) is 0 Å².